The summed E-state index contributed by atoms with van der Waals surface area (Å²) >= 11 is 0. The summed E-state index contributed by atoms with van der Waals surface area (Å²) in [7, 11) is 2.14. The van der Waals surface area contributed by atoms with E-state index in [1.807, 2.05) is 0 Å². The summed E-state index contributed by atoms with van der Waals surface area (Å²) < 4.78 is 4.66. The lowest BCUT2D eigenvalue weighted by atomic mass is 10.1. The van der Waals surface area contributed by atoms with Crippen LogP contribution in [0.4, 0.5) is 0 Å². The van der Waals surface area contributed by atoms with Gasteiger partial charge in [-0.05, 0) is 36.4 Å². The van der Waals surface area contributed by atoms with Gasteiger partial charge in [0.25, 0.3) is 0 Å². The summed E-state index contributed by atoms with van der Waals surface area (Å²) in [5, 5.41) is 5.20. The predicted octanol–water partition coefficient (Wildman–Crippen LogP) is 6.43. The van der Waals surface area contributed by atoms with Gasteiger partial charge in [-0.25, -0.2) is 0 Å². The number of rotatable bonds is 1. The molecule has 0 amide bonds. The number of hydrogen-bond acceptors (Lipinski definition) is 0. The number of para-hydroxylation sites is 3. The van der Waals surface area contributed by atoms with E-state index in [-0.39, 0.29) is 0 Å². The fourth-order valence-corrected chi connectivity index (χ4v) is 4.50. The van der Waals surface area contributed by atoms with Gasteiger partial charge in [0.05, 0.1) is 11.0 Å². The molecule has 0 aliphatic carbocycles. The van der Waals surface area contributed by atoms with Gasteiger partial charge in [-0.2, -0.15) is 0 Å². The van der Waals surface area contributed by atoms with E-state index in [1.54, 1.807) is 0 Å². The van der Waals surface area contributed by atoms with E-state index in [1.165, 1.54) is 49.3 Å². The molecule has 0 unspecified atom stereocenters. The number of aromatic nitrogens is 2. The third-order valence-corrected chi connectivity index (χ3v) is 5.74. The SMILES string of the molecule is Cn1c2ccccc2c2cc(-n3c4ccccc4c4ccccc43)ccc21. The van der Waals surface area contributed by atoms with Crippen molar-refractivity contribution in [1.82, 2.24) is 9.13 Å². The Morgan fingerprint density at radius 3 is 1.59 bits per heavy atom. The van der Waals surface area contributed by atoms with E-state index in [9.17, 15) is 0 Å². The highest BCUT2D eigenvalue weighted by Crippen LogP contribution is 2.34. The highest BCUT2D eigenvalue weighted by molar-refractivity contribution is 6.11. The molecule has 2 nitrogen and oxygen atoms in total. The van der Waals surface area contributed by atoms with Crippen molar-refractivity contribution in [3.05, 3.63) is 91.0 Å². The van der Waals surface area contributed by atoms with E-state index >= 15 is 0 Å². The van der Waals surface area contributed by atoms with E-state index < -0.39 is 0 Å². The lowest BCUT2D eigenvalue weighted by Crippen LogP contribution is -1.94. The number of aryl methyl sites for hydroxylation is 1. The van der Waals surface area contributed by atoms with Gasteiger partial charge >= 0.3 is 0 Å². The molecule has 2 aromatic heterocycles. The van der Waals surface area contributed by atoms with Crippen LogP contribution in [0.2, 0.25) is 0 Å². The van der Waals surface area contributed by atoms with Crippen LogP contribution in [0, 0.1) is 0 Å². The lowest BCUT2D eigenvalue weighted by molar-refractivity contribution is 1.01. The van der Waals surface area contributed by atoms with Crippen molar-refractivity contribution in [3.63, 3.8) is 0 Å². The molecule has 2 heterocycles. The third-order valence-electron chi connectivity index (χ3n) is 5.74. The first-order valence-corrected chi connectivity index (χ1v) is 9.29. The Labute approximate surface area is 156 Å². The molecular weight excluding hydrogens is 328 g/mol. The van der Waals surface area contributed by atoms with Gasteiger partial charge in [-0.15, -0.1) is 0 Å². The molecule has 128 valence electrons. The Kier molecular flexibility index (Phi) is 2.84. The summed E-state index contributed by atoms with van der Waals surface area (Å²) in [5.41, 5.74) is 6.24. The van der Waals surface area contributed by atoms with E-state index in [0.717, 1.165) is 0 Å². The molecule has 0 spiro atoms. The van der Waals surface area contributed by atoms with Gasteiger partial charge in [0, 0.05) is 45.3 Å². The minimum Gasteiger partial charge on any atom is -0.344 e. The average Bonchev–Trinajstić information content (AvgIpc) is 3.21. The van der Waals surface area contributed by atoms with Crippen LogP contribution < -0.4 is 0 Å². The second kappa shape index (κ2) is 5.24. The Morgan fingerprint density at radius 1 is 0.481 bits per heavy atom. The van der Waals surface area contributed by atoms with Gasteiger partial charge < -0.3 is 9.13 Å². The van der Waals surface area contributed by atoms with Crippen LogP contribution in [0.15, 0.2) is 91.0 Å². The maximum absolute atomic E-state index is 2.38. The van der Waals surface area contributed by atoms with E-state index in [4.69, 9.17) is 0 Å². The topological polar surface area (TPSA) is 9.86 Å². The Bertz CT molecular complexity index is 1430. The van der Waals surface area contributed by atoms with Crippen LogP contribution in [0.1, 0.15) is 0 Å². The van der Waals surface area contributed by atoms with Crippen molar-refractivity contribution in [3.8, 4) is 5.69 Å². The Hall–Kier alpha value is -3.52. The zero-order valence-electron chi connectivity index (χ0n) is 15.1. The quantitative estimate of drug-likeness (QED) is 0.325. The average molecular weight is 346 g/mol. The van der Waals surface area contributed by atoms with E-state index in [0.29, 0.717) is 0 Å². The molecular formula is C25H18N2. The first-order chi connectivity index (χ1) is 13.3. The van der Waals surface area contributed by atoms with Crippen molar-refractivity contribution in [2.24, 2.45) is 7.05 Å². The number of fused-ring (bicyclic) bond motifs is 6. The molecule has 0 N–H and O–H groups in total. The molecule has 0 atom stereocenters. The first-order valence-electron chi connectivity index (χ1n) is 9.29. The van der Waals surface area contributed by atoms with Crippen molar-refractivity contribution >= 4 is 43.6 Å². The fraction of sp³-hybridized carbons (Fsp3) is 0.0400. The molecule has 0 saturated carbocycles. The van der Waals surface area contributed by atoms with Crippen molar-refractivity contribution in [2.75, 3.05) is 0 Å². The minimum absolute atomic E-state index is 1.20. The highest BCUT2D eigenvalue weighted by Gasteiger charge is 2.13. The van der Waals surface area contributed by atoms with Gasteiger partial charge in [-0.1, -0.05) is 54.6 Å². The maximum atomic E-state index is 2.38. The van der Waals surface area contributed by atoms with Crippen LogP contribution in [-0.2, 0) is 7.05 Å². The second-order valence-electron chi connectivity index (χ2n) is 7.15. The zero-order valence-corrected chi connectivity index (χ0v) is 15.1. The standard InChI is InChI=1S/C25H18N2/c1-26-22-11-5-2-10-20(22)21-16-17(14-15-23(21)26)27-24-12-6-3-8-18(24)19-9-4-7-13-25(19)27/h2-16H,1H3. The summed E-state index contributed by atoms with van der Waals surface area (Å²) in [6.07, 6.45) is 0. The van der Waals surface area contributed by atoms with Crippen LogP contribution in [0.25, 0.3) is 49.3 Å². The van der Waals surface area contributed by atoms with Gasteiger partial charge in [0.1, 0.15) is 0 Å². The lowest BCUT2D eigenvalue weighted by Gasteiger charge is -2.08. The Morgan fingerprint density at radius 2 is 0.963 bits per heavy atom. The third kappa shape index (κ3) is 1.90. The van der Waals surface area contributed by atoms with Crippen molar-refractivity contribution in [1.29, 1.82) is 0 Å². The maximum Gasteiger partial charge on any atom is 0.0541 e. The Balaban J connectivity index is 1.77. The molecule has 0 radical (unpaired) electrons. The largest absolute Gasteiger partial charge is 0.344 e. The summed E-state index contributed by atoms with van der Waals surface area (Å²) in [6.45, 7) is 0. The molecule has 6 rings (SSSR count). The molecule has 6 aromatic rings. The highest BCUT2D eigenvalue weighted by atomic mass is 15.0. The minimum atomic E-state index is 1.20. The first kappa shape index (κ1) is 14.6. The molecule has 0 bridgehead atoms. The molecule has 2 heteroatoms. The van der Waals surface area contributed by atoms with E-state index in [2.05, 4.69) is 107 Å². The molecule has 0 fully saturated rings. The molecule has 4 aromatic carbocycles. The van der Waals surface area contributed by atoms with Crippen LogP contribution in [-0.4, -0.2) is 9.13 Å². The smallest absolute Gasteiger partial charge is 0.0541 e. The predicted molar refractivity (Wildman–Crippen MR) is 115 cm³/mol. The molecule has 0 aliphatic heterocycles. The summed E-state index contributed by atoms with van der Waals surface area (Å²) in [4.78, 5) is 0. The number of nitrogens with zero attached hydrogens (tertiary/aromatic N) is 2. The summed E-state index contributed by atoms with van der Waals surface area (Å²) in [5.74, 6) is 0. The van der Waals surface area contributed by atoms with Crippen molar-refractivity contribution < 1.29 is 0 Å². The monoisotopic (exact) mass is 346 g/mol. The zero-order chi connectivity index (χ0) is 18.0. The molecule has 0 aliphatic rings. The van der Waals surface area contributed by atoms with Crippen LogP contribution in [0.3, 0.4) is 0 Å². The van der Waals surface area contributed by atoms with Gasteiger partial charge in [-0.3, -0.25) is 0 Å². The van der Waals surface area contributed by atoms with Gasteiger partial charge in [0.15, 0.2) is 0 Å². The molecule has 0 saturated heterocycles. The number of hydrogen-bond donors (Lipinski definition) is 0. The second-order valence-corrected chi connectivity index (χ2v) is 7.15. The fourth-order valence-electron chi connectivity index (χ4n) is 4.50. The number of benzene rings is 4. The normalized spacial score (nSPS) is 11.9. The summed E-state index contributed by atoms with van der Waals surface area (Å²) in [6, 6.07) is 32.8. The van der Waals surface area contributed by atoms with Crippen LogP contribution in [0.5, 0.6) is 0 Å². The van der Waals surface area contributed by atoms with Gasteiger partial charge in [0.2, 0.25) is 0 Å². The van der Waals surface area contributed by atoms with Crippen LogP contribution >= 0.6 is 0 Å². The molecule has 27 heavy (non-hydrogen) atoms. The van der Waals surface area contributed by atoms with Crippen molar-refractivity contribution in [2.45, 2.75) is 0 Å².